The van der Waals surface area contributed by atoms with Crippen LogP contribution in [0.25, 0.3) is 0 Å². The Kier molecular flexibility index (Phi) is 3.05. The van der Waals surface area contributed by atoms with Crippen LogP contribution in [0.15, 0.2) is 0 Å². The SMILES string of the molecule is COC(=O)C1(C(N)=O)CN1C(=O)OC(C)(C)C. The highest BCUT2D eigenvalue weighted by Gasteiger charge is 2.68. The van der Waals surface area contributed by atoms with E-state index in [4.69, 9.17) is 10.5 Å². The van der Waals surface area contributed by atoms with Crippen LogP contribution in [0, 0.1) is 0 Å². The number of hydrogen-bond acceptors (Lipinski definition) is 5. The van der Waals surface area contributed by atoms with Crippen molar-refractivity contribution in [3.63, 3.8) is 0 Å². The monoisotopic (exact) mass is 244 g/mol. The Morgan fingerprint density at radius 2 is 1.82 bits per heavy atom. The summed E-state index contributed by atoms with van der Waals surface area (Å²) in [5.74, 6) is -1.77. The van der Waals surface area contributed by atoms with E-state index in [1.807, 2.05) is 0 Å². The number of nitrogens with two attached hydrogens (primary N) is 1. The number of hydrogen-bond donors (Lipinski definition) is 1. The fourth-order valence-corrected chi connectivity index (χ4v) is 1.39. The molecule has 7 nitrogen and oxygen atoms in total. The molecule has 1 unspecified atom stereocenters. The molecule has 2 N–H and O–H groups in total. The summed E-state index contributed by atoms with van der Waals surface area (Å²) in [5.41, 5.74) is 2.71. The number of primary amides is 1. The Balaban J connectivity index is 2.81. The number of methoxy groups -OCH3 is 1. The maximum atomic E-state index is 11.6. The predicted molar refractivity (Wildman–Crippen MR) is 56.9 cm³/mol. The van der Waals surface area contributed by atoms with E-state index < -0.39 is 29.1 Å². The van der Waals surface area contributed by atoms with Gasteiger partial charge in [0.2, 0.25) is 5.54 Å². The van der Waals surface area contributed by atoms with Crippen molar-refractivity contribution in [2.45, 2.75) is 31.9 Å². The van der Waals surface area contributed by atoms with Crippen molar-refractivity contribution in [1.82, 2.24) is 4.90 Å². The minimum absolute atomic E-state index is 0.107. The highest BCUT2D eigenvalue weighted by molar-refractivity contribution is 6.13. The second-order valence-electron chi connectivity index (χ2n) is 4.78. The first-order valence-electron chi connectivity index (χ1n) is 5.04. The molecular formula is C10H16N2O5. The second kappa shape index (κ2) is 3.90. The van der Waals surface area contributed by atoms with E-state index in [2.05, 4.69) is 4.74 Å². The molecular weight excluding hydrogens is 228 g/mol. The van der Waals surface area contributed by atoms with Crippen LogP contribution < -0.4 is 5.73 Å². The van der Waals surface area contributed by atoms with E-state index in [0.717, 1.165) is 12.0 Å². The normalized spacial score (nSPS) is 22.9. The topological polar surface area (TPSA) is 98.7 Å². The van der Waals surface area contributed by atoms with Crippen molar-refractivity contribution in [1.29, 1.82) is 0 Å². The van der Waals surface area contributed by atoms with Crippen LogP contribution in [0.3, 0.4) is 0 Å². The van der Waals surface area contributed by atoms with Crippen LogP contribution in [0.4, 0.5) is 4.79 Å². The minimum Gasteiger partial charge on any atom is -0.467 e. The van der Waals surface area contributed by atoms with E-state index in [1.54, 1.807) is 20.8 Å². The van der Waals surface area contributed by atoms with Gasteiger partial charge in [-0.25, -0.2) is 9.59 Å². The van der Waals surface area contributed by atoms with E-state index in [-0.39, 0.29) is 6.54 Å². The summed E-state index contributed by atoms with van der Waals surface area (Å²) >= 11 is 0. The summed E-state index contributed by atoms with van der Waals surface area (Å²) in [6.45, 7) is 4.93. The number of amides is 2. The van der Waals surface area contributed by atoms with Gasteiger partial charge in [0.1, 0.15) is 5.60 Å². The molecule has 2 amide bonds. The van der Waals surface area contributed by atoms with E-state index >= 15 is 0 Å². The molecule has 0 bridgehead atoms. The number of ether oxygens (including phenoxy) is 2. The number of esters is 1. The van der Waals surface area contributed by atoms with Crippen LogP contribution in [0.2, 0.25) is 0 Å². The zero-order valence-corrected chi connectivity index (χ0v) is 10.3. The zero-order chi connectivity index (χ0) is 13.4. The molecule has 1 fully saturated rings. The molecule has 0 aromatic rings. The van der Waals surface area contributed by atoms with Gasteiger partial charge >= 0.3 is 12.1 Å². The summed E-state index contributed by atoms with van der Waals surface area (Å²) in [4.78, 5) is 35.3. The Labute approximate surface area is 98.8 Å². The minimum atomic E-state index is -1.70. The summed E-state index contributed by atoms with van der Waals surface area (Å²) in [6.07, 6.45) is -0.762. The van der Waals surface area contributed by atoms with Crippen molar-refractivity contribution in [2.75, 3.05) is 13.7 Å². The zero-order valence-electron chi connectivity index (χ0n) is 10.3. The highest BCUT2D eigenvalue weighted by atomic mass is 16.6. The fraction of sp³-hybridized carbons (Fsp3) is 0.700. The van der Waals surface area contributed by atoms with Crippen LogP contribution in [-0.2, 0) is 19.1 Å². The van der Waals surface area contributed by atoms with Crippen molar-refractivity contribution in [2.24, 2.45) is 5.73 Å². The third-order valence-electron chi connectivity index (χ3n) is 2.29. The average molecular weight is 244 g/mol. The lowest BCUT2D eigenvalue weighted by molar-refractivity contribution is -0.148. The first-order valence-corrected chi connectivity index (χ1v) is 5.04. The molecule has 0 saturated carbocycles. The molecule has 0 spiro atoms. The van der Waals surface area contributed by atoms with Gasteiger partial charge in [0, 0.05) is 0 Å². The summed E-state index contributed by atoms with van der Waals surface area (Å²) in [5, 5.41) is 0. The van der Waals surface area contributed by atoms with Gasteiger partial charge in [-0.05, 0) is 20.8 Å². The Morgan fingerprint density at radius 3 is 2.18 bits per heavy atom. The number of nitrogens with zero attached hydrogens (tertiary/aromatic N) is 1. The quantitative estimate of drug-likeness (QED) is 0.406. The van der Waals surface area contributed by atoms with E-state index in [1.165, 1.54) is 0 Å². The third kappa shape index (κ3) is 2.32. The molecule has 1 aliphatic rings. The summed E-state index contributed by atoms with van der Waals surface area (Å²) in [6, 6.07) is 0. The molecule has 17 heavy (non-hydrogen) atoms. The lowest BCUT2D eigenvalue weighted by atomic mass is 10.1. The van der Waals surface area contributed by atoms with Crippen LogP contribution in [0.1, 0.15) is 20.8 Å². The fourth-order valence-electron chi connectivity index (χ4n) is 1.39. The van der Waals surface area contributed by atoms with Gasteiger partial charge in [-0.2, -0.15) is 0 Å². The molecule has 7 heteroatoms. The maximum absolute atomic E-state index is 11.6. The number of rotatable bonds is 2. The molecule has 0 aromatic carbocycles. The van der Waals surface area contributed by atoms with Gasteiger partial charge < -0.3 is 15.2 Å². The van der Waals surface area contributed by atoms with Crippen molar-refractivity contribution >= 4 is 18.0 Å². The molecule has 1 heterocycles. The van der Waals surface area contributed by atoms with Crippen molar-refractivity contribution < 1.29 is 23.9 Å². The van der Waals surface area contributed by atoms with Crippen LogP contribution in [-0.4, -0.2) is 47.7 Å². The lowest BCUT2D eigenvalue weighted by Gasteiger charge is -2.21. The Bertz CT molecular complexity index is 373. The molecule has 0 aliphatic carbocycles. The standard InChI is InChI=1S/C10H16N2O5/c1-9(2,3)17-8(15)12-5-10(12,6(11)13)7(14)16-4/h5H2,1-4H3,(H2,11,13). The summed E-state index contributed by atoms with van der Waals surface area (Å²) in [7, 11) is 1.12. The van der Waals surface area contributed by atoms with Crippen LogP contribution in [0.5, 0.6) is 0 Å². The number of carbonyl (C=O) groups is 3. The largest absolute Gasteiger partial charge is 0.467 e. The molecule has 1 aliphatic heterocycles. The first-order chi connectivity index (χ1) is 7.65. The van der Waals surface area contributed by atoms with Crippen LogP contribution >= 0.6 is 0 Å². The molecule has 0 aromatic heterocycles. The highest BCUT2D eigenvalue weighted by Crippen LogP contribution is 2.35. The van der Waals surface area contributed by atoms with Gasteiger partial charge in [0.15, 0.2) is 0 Å². The van der Waals surface area contributed by atoms with Gasteiger partial charge in [-0.15, -0.1) is 0 Å². The van der Waals surface area contributed by atoms with E-state index in [9.17, 15) is 14.4 Å². The Hall–Kier alpha value is -1.79. The Morgan fingerprint density at radius 1 is 1.29 bits per heavy atom. The molecule has 1 saturated heterocycles. The van der Waals surface area contributed by atoms with Gasteiger partial charge in [-0.1, -0.05) is 0 Å². The smallest absolute Gasteiger partial charge is 0.411 e. The maximum Gasteiger partial charge on any atom is 0.411 e. The van der Waals surface area contributed by atoms with Crippen molar-refractivity contribution in [3.8, 4) is 0 Å². The van der Waals surface area contributed by atoms with E-state index in [0.29, 0.717) is 0 Å². The predicted octanol–water partition coefficient (Wildman–Crippen LogP) is -0.366. The van der Waals surface area contributed by atoms with Crippen molar-refractivity contribution in [3.05, 3.63) is 0 Å². The summed E-state index contributed by atoms with van der Waals surface area (Å²) < 4.78 is 9.49. The molecule has 96 valence electrons. The lowest BCUT2D eigenvalue weighted by Crippen LogP contribution is -2.46. The van der Waals surface area contributed by atoms with Gasteiger partial charge in [0.05, 0.1) is 13.7 Å². The van der Waals surface area contributed by atoms with Gasteiger partial charge in [0.25, 0.3) is 5.91 Å². The first kappa shape index (κ1) is 13.3. The second-order valence-corrected chi connectivity index (χ2v) is 4.78. The third-order valence-corrected chi connectivity index (χ3v) is 2.29. The molecule has 0 radical (unpaired) electrons. The molecule has 1 atom stereocenters. The number of carbonyl (C=O) groups excluding carboxylic acids is 3. The average Bonchev–Trinajstić information content (AvgIpc) is 2.90. The molecule has 1 rings (SSSR count). The van der Waals surface area contributed by atoms with Gasteiger partial charge in [-0.3, -0.25) is 9.69 Å².